The van der Waals surface area contributed by atoms with Gasteiger partial charge in [0, 0.05) is 17.1 Å². The number of anilines is 1. The number of rotatable bonds is 10. The van der Waals surface area contributed by atoms with Crippen LogP contribution in [0.3, 0.4) is 0 Å². The van der Waals surface area contributed by atoms with E-state index in [1.165, 1.54) is 18.2 Å². The summed E-state index contributed by atoms with van der Waals surface area (Å²) in [5, 5.41) is 17.0. The van der Waals surface area contributed by atoms with Crippen LogP contribution in [0.2, 0.25) is 0 Å². The summed E-state index contributed by atoms with van der Waals surface area (Å²) in [6.45, 7) is 7.12. The summed E-state index contributed by atoms with van der Waals surface area (Å²) in [5.74, 6) is 1.88. The maximum absolute atomic E-state index is 12.8. The third-order valence-corrected chi connectivity index (χ3v) is 7.22. The molecule has 1 amide bonds. The molecule has 3 aromatic rings. The van der Waals surface area contributed by atoms with E-state index >= 15 is 0 Å². The number of nitrogens with zero attached hydrogens (tertiary/aromatic N) is 4. The molecule has 1 aromatic heterocycles. The lowest BCUT2D eigenvalue weighted by atomic mass is 9.89. The quantitative estimate of drug-likeness (QED) is 0.281. The summed E-state index contributed by atoms with van der Waals surface area (Å²) in [7, 11) is 0. The van der Waals surface area contributed by atoms with E-state index in [9.17, 15) is 4.79 Å². The highest BCUT2D eigenvalue weighted by Crippen LogP contribution is 2.27. The van der Waals surface area contributed by atoms with Gasteiger partial charge in [-0.05, 0) is 75.4 Å². The van der Waals surface area contributed by atoms with E-state index in [4.69, 9.17) is 4.74 Å². The number of hydrogen-bond donors (Lipinski definition) is 2. The lowest BCUT2D eigenvalue weighted by Gasteiger charge is -2.20. The second-order valence-corrected chi connectivity index (χ2v) is 10.2. The van der Waals surface area contributed by atoms with Gasteiger partial charge in [-0.2, -0.15) is 5.10 Å². The van der Waals surface area contributed by atoms with Gasteiger partial charge in [0.05, 0.1) is 18.4 Å². The molecule has 0 unspecified atom stereocenters. The van der Waals surface area contributed by atoms with Crippen molar-refractivity contribution in [2.75, 3.05) is 11.9 Å². The van der Waals surface area contributed by atoms with Crippen LogP contribution in [-0.4, -0.2) is 38.2 Å². The number of carbonyl (C=O) groups excluding carboxylic acids is 1. The molecule has 0 bridgehead atoms. The predicted molar refractivity (Wildman–Crippen MR) is 145 cm³/mol. The predicted octanol–water partition coefficient (Wildman–Crippen LogP) is 5.44. The molecule has 1 fully saturated rings. The maximum atomic E-state index is 12.8. The van der Waals surface area contributed by atoms with Gasteiger partial charge < -0.3 is 10.1 Å². The monoisotopic (exact) mass is 506 g/mol. The molecule has 1 aliphatic rings. The maximum Gasteiger partial charge on any atom is 0.253 e. The number of para-hydroxylation sites is 1. The number of hydrogen-bond acceptors (Lipinski definition) is 7. The van der Waals surface area contributed by atoms with Crippen molar-refractivity contribution >= 4 is 29.1 Å². The molecule has 4 rings (SSSR count). The minimum absolute atomic E-state index is 0.137. The summed E-state index contributed by atoms with van der Waals surface area (Å²) >= 11 is 1.37. The minimum Gasteiger partial charge on any atom is -0.494 e. The SMILES string of the molecule is CCOc1ccc(NCc2nnc(S[C@H](C)C(=O)N/N=C3/CCCC[C@@H]3C)n2-c2ccccc2)cc1. The average molecular weight is 507 g/mol. The Labute approximate surface area is 216 Å². The molecule has 0 spiro atoms. The molecule has 0 saturated heterocycles. The average Bonchev–Trinajstić information content (AvgIpc) is 3.30. The van der Waals surface area contributed by atoms with Crippen molar-refractivity contribution in [3.8, 4) is 11.4 Å². The highest BCUT2D eigenvalue weighted by Gasteiger charge is 2.22. The van der Waals surface area contributed by atoms with Gasteiger partial charge in [-0.25, -0.2) is 5.43 Å². The van der Waals surface area contributed by atoms with Crippen LogP contribution in [0, 0.1) is 5.92 Å². The molecule has 2 N–H and O–H groups in total. The Balaban J connectivity index is 1.47. The Hall–Kier alpha value is -3.33. The highest BCUT2D eigenvalue weighted by molar-refractivity contribution is 8.00. The Bertz CT molecular complexity index is 1160. The normalized spacial score (nSPS) is 17.5. The number of ether oxygens (including phenoxy) is 1. The third-order valence-electron chi connectivity index (χ3n) is 6.18. The van der Waals surface area contributed by atoms with Gasteiger partial charge in [-0.15, -0.1) is 10.2 Å². The minimum atomic E-state index is -0.383. The molecular formula is C27H34N6O2S. The van der Waals surface area contributed by atoms with Gasteiger partial charge in [0.2, 0.25) is 0 Å². The standard InChI is InChI=1S/C27H34N6O2S/c1-4-35-23-16-14-21(15-17-23)28-18-25-30-32-27(33(25)22-11-6-5-7-12-22)36-20(3)26(34)31-29-24-13-9-8-10-19(24)2/h5-7,11-12,14-17,19-20,28H,4,8-10,13,18H2,1-3H3,(H,31,34)/b29-24-/t19-,20+/m0/s1. The molecule has 8 nitrogen and oxygen atoms in total. The first-order valence-corrected chi connectivity index (χ1v) is 13.4. The molecule has 9 heteroatoms. The summed E-state index contributed by atoms with van der Waals surface area (Å²) in [6, 6.07) is 17.8. The number of carbonyl (C=O) groups is 1. The molecular weight excluding hydrogens is 472 g/mol. The molecule has 2 aromatic carbocycles. The third kappa shape index (κ3) is 6.66. The number of aromatic nitrogens is 3. The number of amides is 1. The van der Waals surface area contributed by atoms with E-state index < -0.39 is 0 Å². The number of nitrogens with one attached hydrogen (secondary N) is 2. The fourth-order valence-electron chi connectivity index (χ4n) is 4.11. The van der Waals surface area contributed by atoms with Crippen LogP contribution in [0.25, 0.3) is 5.69 Å². The van der Waals surface area contributed by atoms with Gasteiger partial charge in [0.15, 0.2) is 11.0 Å². The van der Waals surface area contributed by atoms with Crippen LogP contribution in [-0.2, 0) is 11.3 Å². The smallest absolute Gasteiger partial charge is 0.253 e. The topological polar surface area (TPSA) is 93.4 Å². The zero-order valence-corrected chi connectivity index (χ0v) is 21.9. The van der Waals surface area contributed by atoms with Gasteiger partial charge in [-0.1, -0.05) is 43.3 Å². The van der Waals surface area contributed by atoms with E-state index in [1.807, 2.05) is 73.0 Å². The molecule has 190 valence electrons. The molecule has 36 heavy (non-hydrogen) atoms. The Morgan fingerprint density at radius 1 is 1.17 bits per heavy atom. The van der Waals surface area contributed by atoms with Gasteiger partial charge in [0.1, 0.15) is 5.75 Å². The van der Waals surface area contributed by atoms with E-state index in [0.717, 1.165) is 47.9 Å². The van der Waals surface area contributed by atoms with Gasteiger partial charge >= 0.3 is 0 Å². The van der Waals surface area contributed by atoms with Crippen molar-refractivity contribution in [3.63, 3.8) is 0 Å². The Morgan fingerprint density at radius 3 is 2.67 bits per heavy atom. The summed E-state index contributed by atoms with van der Waals surface area (Å²) in [6.07, 6.45) is 4.45. The molecule has 1 aliphatic carbocycles. The van der Waals surface area contributed by atoms with E-state index in [-0.39, 0.29) is 11.2 Å². The van der Waals surface area contributed by atoms with Crippen LogP contribution in [0.4, 0.5) is 5.69 Å². The lowest BCUT2D eigenvalue weighted by molar-refractivity contribution is -0.120. The van der Waals surface area contributed by atoms with Crippen LogP contribution in [0.1, 0.15) is 52.3 Å². The van der Waals surface area contributed by atoms with E-state index in [1.54, 1.807) is 0 Å². The molecule has 0 aliphatic heterocycles. The zero-order valence-electron chi connectivity index (χ0n) is 21.1. The van der Waals surface area contributed by atoms with Crippen molar-refractivity contribution < 1.29 is 9.53 Å². The van der Waals surface area contributed by atoms with Crippen LogP contribution in [0.15, 0.2) is 64.9 Å². The first-order valence-electron chi connectivity index (χ1n) is 12.5. The lowest BCUT2D eigenvalue weighted by Crippen LogP contribution is -2.30. The highest BCUT2D eigenvalue weighted by atomic mass is 32.2. The van der Waals surface area contributed by atoms with Crippen molar-refractivity contribution in [2.24, 2.45) is 11.0 Å². The first-order chi connectivity index (χ1) is 17.5. The van der Waals surface area contributed by atoms with Crippen molar-refractivity contribution in [3.05, 3.63) is 60.4 Å². The van der Waals surface area contributed by atoms with Crippen LogP contribution < -0.4 is 15.5 Å². The number of hydrazone groups is 1. The van der Waals surface area contributed by atoms with Gasteiger partial charge in [-0.3, -0.25) is 9.36 Å². The van der Waals surface area contributed by atoms with Crippen molar-refractivity contribution in [1.82, 2.24) is 20.2 Å². The van der Waals surface area contributed by atoms with Crippen molar-refractivity contribution in [1.29, 1.82) is 0 Å². The number of thioether (sulfide) groups is 1. The van der Waals surface area contributed by atoms with Crippen LogP contribution in [0.5, 0.6) is 5.75 Å². The zero-order chi connectivity index (χ0) is 25.3. The largest absolute Gasteiger partial charge is 0.494 e. The molecule has 0 radical (unpaired) electrons. The molecule has 1 heterocycles. The molecule has 2 atom stereocenters. The second kappa shape index (κ2) is 12.6. The summed E-state index contributed by atoms with van der Waals surface area (Å²) in [4.78, 5) is 12.8. The molecule has 1 saturated carbocycles. The van der Waals surface area contributed by atoms with Crippen molar-refractivity contribution in [2.45, 2.75) is 63.4 Å². The van der Waals surface area contributed by atoms with E-state index in [0.29, 0.717) is 24.2 Å². The second-order valence-electron chi connectivity index (χ2n) is 8.87. The fourth-order valence-corrected chi connectivity index (χ4v) is 4.99. The Kier molecular flexibility index (Phi) is 9.00. The summed E-state index contributed by atoms with van der Waals surface area (Å²) < 4.78 is 7.51. The van der Waals surface area contributed by atoms with E-state index in [2.05, 4.69) is 33.0 Å². The summed E-state index contributed by atoms with van der Waals surface area (Å²) in [5.41, 5.74) is 5.76. The van der Waals surface area contributed by atoms with Crippen LogP contribution >= 0.6 is 11.8 Å². The van der Waals surface area contributed by atoms with Gasteiger partial charge in [0.25, 0.3) is 5.91 Å². The fraction of sp³-hybridized carbons (Fsp3) is 0.407. The Morgan fingerprint density at radius 2 is 1.94 bits per heavy atom. The number of benzene rings is 2. The first kappa shape index (κ1) is 25.8.